The zero-order valence-electron chi connectivity index (χ0n) is 12.7. The molecule has 4 nitrogen and oxygen atoms in total. The van der Waals surface area contributed by atoms with E-state index >= 15 is 0 Å². The Balaban J connectivity index is 2.24. The van der Waals surface area contributed by atoms with Crippen molar-refractivity contribution in [1.29, 1.82) is 0 Å². The van der Waals surface area contributed by atoms with E-state index in [-0.39, 0.29) is 17.6 Å². The normalized spacial score (nSPS) is 19.3. The number of para-hydroxylation sites is 1. The lowest BCUT2D eigenvalue weighted by Crippen LogP contribution is -2.35. The number of aromatic nitrogens is 1. The Labute approximate surface area is 124 Å². The summed E-state index contributed by atoms with van der Waals surface area (Å²) >= 11 is 0. The van der Waals surface area contributed by atoms with Gasteiger partial charge in [-0.25, -0.2) is 0 Å². The van der Waals surface area contributed by atoms with Crippen LogP contribution in [0.1, 0.15) is 36.3 Å². The highest BCUT2D eigenvalue weighted by Crippen LogP contribution is 2.30. The fourth-order valence-electron chi connectivity index (χ4n) is 3.34. The lowest BCUT2D eigenvalue weighted by atomic mass is 9.96. The molecule has 0 aliphatic carbocycles. The molecule has 0 saturated carbocycles. The van der Waals surface area contributed by atoms with Crippen molar-refractivity contribution in [3.63, 3.8) is 0 Å². The summed E-state index contributed by atoms with van der Waals surface area (Å²) in [6, 6.07) is 8.01. The molecule has 1 amide bonds. The summed E-state index contributed by atoms with van der Waals surface area (Å²) in [5.74, 6) is 0.432. The molecule has 0 radical (unpaired) electrons. The first kappa shape index (κ1) is 13.9. The number of Topliss-reactive ketones (excluding diaryl/α,β-unsaturated/α-hetero) is 1. The number of amides is 1. The van der Waals surface area contributed by atoms with E-state index in [1.807, 2.05) is 47.7 Å². The standard InChI is InChI=1S/C17H20N2O2/c1-11-8-16(21)17-14(10-19(9-11)12(2)20)13-6-4-5-7-15(13)18(17)3/h4-7,11H,8-10H2,1-3H3. The molecule has 3 rings (SSSR count). The van der Waals surface area contributed by atoms with Crippen molar-refractivity contribution in [2.75, 3.05) is 6.54 Å². The van der Waals surface area contributed by atoms with Crippen LogP contribution in [0.25, 0.3) is 10.9 Å². The highest BCUT2D eigenvalue weighted by atomic mass is 16.2. The molecular formula is C17H20N2O2. The van der Waals surface area contributed by atoms with Crippen molar-refractivity contribution in [2.24, 2.45) is 13.0 Å². The van der Waals surface area contributed by atoms with Gasteiger partial charge >= 0.3 is 0 Å². The first-order valence-corrected chi connectivity index (χ1v) is 7.34. The van der Waals surface area contributed by atoms with E-state index in [4.69, 9.17) is 0 Å². The number of nitrogens with zero attached hydrogens (tertiary/aromatic N) is 2. The van der Waals surface area contributed by atoms with Crippen molar-refractivity contribution in [3.05, 3.63) is 35.5 Å². The van der Waals surface area contributed by atoms with Crippen molar-refractivity contribution >= 4 is 22.6 Å². The molecule has 1 aliphatic rings. The van der Waals surface area contributed by atoms with E-state index < -0.39 is 0 Å². The number of hydrogen-bond donors (Lipinski definition) is 0. The van der Waals surface area contributed by atoms with Crippen molar-refractivity contribution in [1.82, 2.24) is 9.47 Å². The van der Waals surface area contributed by atoms with E-state index in [2.05, 4.69) is 0 Å². The molecule has 1 aliphatic heterocycles. The third-order valence-electron chi connectivity index (χ3n) is 4.34. The van der Waals surface area contributed by atoms with Crippen molar-refractivity contribution in [2.45, 2.75) is 26.8 Å². The minimum atomic E-state index is 0.0649. The third kappa shape index (κ3) is 2.24. The van der Waals surface area contributed by atoms with Gasteiger partial charge < -0.3 is 9.47 Å². The minimum absolute atomic E-state index is 0.0649. The van der Waals surface area contributed by atoms with Crippen LogP contribution in [-0.4, -0.2) is 27.7 Å². The first-order chi connectivity index (χ1) is 9.99. The molecule has 110 valence electrons. The van der Waals surface area contributed by atoms with Gasteiger partial charge in [0, 0.05) is 49.9 Å². The van der Waals surface area contributed by atoms with Crippen LogP contribution >= 0.6 is 0 Å². The number of carbonyl (C=O) groups is 2. The number of fused-ring (bicyclic) bond motifs is 3. The highest BCUT2D eigenvalue weighted by Gasteiger charge is 2.28. The van der Waals surface area contributed by atoms with Crippen LogP contribution in [0.4, 0.5) is 0 Å². The van der Waals surface area contributed by atoms with Gasteiger partial charge in [0.1, 0.15) is 0 Å². The van der Waals surface area contributed by atoms with Crippen LogP contribution in [0, 0.1) is 5.92 Å². The first-order valence-electron chi connectivity index (χ1n) is 7.34. The van der Waals surface area contributed by atoms with Gasteiger partial charge in [0.05, 0.1) is 5.69 Å². The molecule has 1 atom stereocenters. The topological polar surface area (TPSA) is 42.3 Å². The summed E-state index contributed by atoms with van der Waals surface area (Å²) in [5, 5.41) is 1.07. The summed E-state index contributed by atoms with van der Waals surface area (Å²) in [6.07, 6.45) is 0.487. The minimum Gasteiger partial charge on any atom is -0.341 e. The predicted molar refractivity (Wildman–Crippen MR) is 82.1 cm³/mol. The predicted octanol–water partition coefficient (Wildman–Crippen LogP) is 2.75. The maximum Gasteiger partial charge on any atom is 0.219 e. The Morgan fingerprint density at radius 1 is 1.29 bits per heavy atom. The third-order valence-corrected chi connectivity index (χ3v) is 4.34. The SMILES string of the molecule is CC(=O)N1Cc2c(n(C)c3ccccc23)C(=O)CC(C)C1. The summed E-state index contributed by atoms with van der Waals surface area (Å²) in [6.45, 7) is 4.79. The molecule has 2 aromatic rings. The Bertz CT molecular complexity index is 730. The maximum atomic E-state index is 12.6. The molecule has 2 heterocycles. The smallest absolute Gasteiger partial charge is 0.219 e. The van der Waals surface area contributed by atoms with Gasteiger partial charge in [0.15, 0.2) is 5.78 Å². The molecule has 0 fully saturated rings. The fraction of sp³-hybridized carbons (Fsp3) is 0.412. The van der Waals surface area contributed by atoms with Crippen molar-refractivity contribution in [3.8, 4) is 0 Å². The Kier molecular flexibility index (Phi) is 3.32. The molecule has 0 saturated heterocycles. The molecule has 4 heteroatoms. The van der Waals surface area contributed by atoms with Gasteiger partial charge in [-0.2, -0.15) is 0 Å². The summed E-state index contributed by atoms with van der Waals surface area (Å²) in [5.41, 5.74) is 2.79. The van der Waals surface area contributed by atoms with Crippen LogP contribution in [0.5, 0.6) is 0 Å². The van der Waals surface area contributed by atoms with Gasteiger partial charge in [-0.1, -0.05) is 25.1 Å². The Morgan fingerprint density at radius 3 is 2.71 bits per heavy atom. The van der Waals surface area contributed by atoms with Crippen LogP contribution < -0.4 is 0 Å². The molecule has 1 aromatic heterocycles. The van der Waals surface area contributed by atoms with E-state index in [1.165, 1.54) is 0 Å². The second-order valence-electron chi connectivity index (χ2n) is 6.04. The molecule has 0 spiro atoms. The maximum absolute atomic E-state index is 12.6. The Morgan fingerprint density at radius 2 is 2.00 bits per heavy atom. The van der Waals surface area contributed by atoms with E-state index in [0.717, 1.165) is 22.2 Å². The Hall–Kier alpha value is -2.10. The largest absolute Gasteiger partial charge is 0.341 e. The van der Waals surface area contributed by atoms with E-state index in [0.29, 0.717) is 19.5 Å². The lowest BCUT2D eigenvalue weighted by molar-refractivity contribution is -0.130. The van der Waals surface area contributed by atoms with Gasteiger partial charge in [-0.15, -0.1) is 0 Å². The zero-order valence-corrected chi connectivity index (χ0v) is 12.7. The quantitative estimate of drug-likeness (QED) is 0.746. The van der Waals surface area contributed by atoms with E-state index in [1.54, 1.807) is 6.92 Å². The van der Waals surface area contributed by atoms with Gasteiger partial charge in [-0.05, 0) is 12.0 Å². The monoisotopic (exact) mass is 284 g/mol. The number of aryl methyl sites for hydroxylation is 1. The van der Waals surface area contributed by atoms with Crippen LogP contribution in [0.2, 0.25) is 0 Å². The highest BCUT2D eigenvalue weighted by molar-refractivity contribution is 6.03. The average molecular weight is 284 g/mol. The number of rotatable bonds is 0. The number of benzene rings is 1. The average Bonchev–Trinajstić information content (AvgIpc) is 2.69. The van der Waals surface area contributed by atoms with Crippen molar-refractivity contribution < 1.29 is 9.59 Å². The van der Waals surface area contributed by atoms with Crippen LogP contribution in [0.15, 0.2) is 24.3 Å². The second-order valence-corrected chi connectivity index (χ2v) is 6.04. The summed E-state index contributed by atoms with van der Waals surface area (Å²) in [7, 11) is 1.93. The van der Waals surface area contributed by atoms with Crippen LogP contribution in [-0.2, 0) is 18.4 Å². The van der Waals surface area contributed by atoms with Gasteiger partial charge in [-0.3, -0.25) is 9.59 Å². The molecule has 1 aromatic carbocycles. The van der Waals surface area contributed by atoms with Crippen LogP contribution in [0.3, 0.4) is 0 Å². The molecule has 1 unspecified atom stereocenters. The number of carbonyl (C=O) groups excluding carboxylic acids is 2. The number of hydrogen-bond acceptors (Lipinski definition) is 2. The molecular weight excluding hydrogens is 264 g/mol. The van der Waals surface area contributed by atoms with E-state index in [9.17, 15) is 9.59 Å². The second kappa shape index (κ2) is 5.02. The van der Waals surface area contributed by atoms with Gasteiger partial charge in [0.25, 0.3) is 0 Å². The lowest BCUT2D eigenvalue weighted by Gasteiger charge is -2.27. The van der Waals surface area contributed by atoms with Gasteiger partial charge in [0.2, 0.25) is 5.91 Å². The molecule has 21 heavy (non-hydrogen) atoms. The number of ketones is 1. The fourth-order valence-corrected chi connectivity index (χ4v) is 3.34. The molecule has 0 N–H and O–H groups in total. The summed E-state index contributed by atoms with van der Waals surface area (Å²) < 4.78 is 1.98. The zero-order chi connectivity index (χ0) is 15.1. The summed E-state index contributed by atoms with van der Waals surface area (Å²) in [4.78, 5) is 26.3. The molecule has 0 bridgehead atoms.